The minimum Gasteiger partial charge on any atom is -0.464 e. The molecule has 0 spiro atoms. The number of hydrogen-bond donors (Lipinski definition) is 4. The molecule has 0 heterocycles. The minimum atomic E-state index is -1.81. The molecular formula is C3H6N4O5. The van der Waals surface area contributed by atoms with Crippen molar-refractivity contribution < 1.29 is 24.6 Å². The third-order valence-corrected chi connectivity index (χ3v) is 0.824. The number of imide groups is 2. The molecule has 4 amide bonds. The molecule has 0 rings (SSSR count). The lowest BCUT2D eigenvalue weighted by molar-refractivity contribution is 0.118. The second kappa shape index (κ2) is 3.50. The van der Waals surface area contributed by atoms with Gasteiger partial charge in [-0.05, 0) is 0 Å². The van der Waals surface area contributed by atoms with Gasteiger partial charge in [0.05, 0.1) is 0 Å². The fraction of sp³-hybridized carbons (Fsp3) is 0. The van der Waals surface area contributed by atoms with Gasteiger partial charge in [-0.3, -0.25) is 0 Å². The molecule has 68 valence electrons. The summed E-state index contributed by atoms with van der Waals surface area (Å²) in [5, 5.41) is 15.5. The summed E-state index contributed by atoms with van der Waals surface area (Å²) in [5.74, 6) is 9.20. The predicted octanol–water partition coefficient (Wildman–Crippen LogP) is -1.19. The summed E-state index contributed by atoms with van der Waals surface area (Å²) in [5.41, 5.74) is 0. The van der Waals surface area contributed by atoms with Gasteiger partial charge < -0.3 is 10.2 Å². The van der Waals surface area contributed by atoms with Crippen molar-refractivity contribution in [1.29, 1.82) is 0 Å². The highest BCUT2D eigenvalue weighted by Gasteiger charge is 2.25. The van der Waals surface area contributed by atoms with Crippen molar-refractivity contribution in [2.45, 2.75) is 0 Å². The Bertz CT molecular complexity index is 205. The van der Waals surface area contributed by atoms with Crippen molar-refractivity contribution in [2.24, 2.45) is 11.7 Å². The first-order chi connectivity index (χ1) is 5.37. The topological polar surface area (TPSA) is 150 Å². The van der Waals surface area contributed by atoms with Crippen LogP contribution in [0, 0.1) is 0 Å². The van der Waals surface area contributed by atoms with Crippen molar-refractivity contribution >= 4 is 18.2 Å². The van der Waals surface area contributed by atoms with E-state index in [1.165, 1.54) is 0 Å². The van der Waals surface area contributed by atoms with Crippen LogP contribution in [0.3, 0.4) is 0 Å². The standard InChI is InChI=1S/C3H6N4O5/c4-6(2(9)10)1(8)7(5)3(11)12/h4-5H2,(H,9,10)(H,11,12). The number of rotatable bonds is 0. The summed E-state index contributed by atoms with van der Waals surface area (Å²) in [6, 6.07) is -1.56. The average Bonchev–Trinajstić information content (AvgIpc) is 2.00. The molecule has 0 bridgehead atoms. The van der Waals surface area contributed by atoms with Crippen molar-refractivity contribution in [3.8, 4) is 0 Å². The Labute approximate surface area is 65.7 Å². The molecule has 0 unspecified atom stereocenters. The highest BCUT2D eigenvalue weighted by molar-refractivity contribution is 5.96. The van der Waals surface area contributed by atoms with E-state index in [0.717, 1.165) is 0 Å². The molecule has 9 nitrogen and oxygen atoms in total. The van der Waals surface area contributed by atoms with E-state index in [1.54, 1.807) is 0 Å². The van der Waals surface area contributed by atoms with Crippen LogP contribution in [0.15, 0.2) is 0 Å². The van der Waals surface area contributed by atoms with Gasteiger partial charge in [0.1, 0.15) is 0 Å². The Morgan fingerprint density at radius 1 is 0.917 bits per heavy atom. The van der Waals surface area contributed by atoms with Crippen LogP contribution < -0.4 is 11.7 Å². The zero-order chi connectivity index (χ0) is 9.89. The van der Waals surface area contributed by atoms with E-state index in [9.17, 15) is 14.4 Å². The first-order valence-corrected chi connectivity index (χ1v) is 2.47. The Morgan fingerprint density at radius 2 is 1.17 bits per heavy atom. The first-order valence-electron chi connectivity index (χ1n) is 2.47. The van der Waals surface area contributed by atoms with Crippen LogP contribution in [0.2, 0.25) is 0 Å². The van der Waals surface area contributed by atoms with Crippen LogP contribution in [-0.2, 0) is 0 Å². The largest absolute Gasteiger partial charge is 0.464 e. The van der Waals surface area contributed by atoms with Crippen molar-refractivity contribution in [3.05, 3.63) is 0 Å². The number of hydrogen-bond acceptors (Lipinski definition) is 5. The van der Waals surface area contributed by atoms with Gasteiger partial charge in [-0.25, -0.2) is 26.1 Å². The maximum atomic E-state index is 10.6. The van der Waals surface area contributed by atoms with Gasteiger partial charge in [-0.15, -0.1) is 0 Å². The monoisotopic (exact) mass is 178 g/mol. The summed E-state index contributed by atoms with van der Waals surface area (Å²) in [4.78, 5) is 30.5. The van der Waals surface area contributed by atoms with E-state index < -0.39 is 18.2 Å². The van der Waals surface area contributed by atoms with Crippen molar-refractivity contribution in [3.63, 3.8) is 0 Å². The van der Waals surface area contributed by atoms with E-state index in [1.807, 2.05) is 0 Å². The third kappa shape index (κ3) is 2.07. The molecule has 0 saturated heterocycles. The summed E-state index contributed by atoms with van der Waals surface area (Å²) in [6.45, 7) is 0. The van der Waals surface area contributed by atoms with Crippen LogP contribution in [-0.4, -0.2) is 38.4 Å². The lowest BCUT2D eigenvalue weighted by atomic mass is 10.8. The van der Waals surface area contributed by atoms with Crippen LogP contribution in [0.1, 0.15) is 0 Å². The molecule has 0 aliphatic rings. The molecule has 6 N–H and O–H groups in total. The van der Waals surface area contributed by atoms with E-state index in [4.69, 9.17) is 10.2 Å². The Balaban J connectivity index is 4.39. The molecule has 0 aromatic carbocycles. The number of carboxylic acid groups (broad SMARTS) is 2. The second-order valence-corrected chi connectivity index (χ2v) is 1.59. The second-order valence-electron chi connectivity index (χ2n) is 1.59. The zero-order valence-corrected chi connectivity index (χ0v) is 5.67. The summed E-state index contributed by atoms with van der Waals surface area (Å²) >= 11 is 0. The maximum Gasteiger partial charge on any atom is 0.430 e. The third-order valence-electron chi connectivity index (χ3n) is 0.824. The first kappa shape index (κ1) is 10.1. The smallest absolute Gasteiger partial charge is 0.430 e. The molecule has 0 aromatic rings. The average molecular weight is 178 g/mol. The lowest BCUT2D eigenvalue weighted by Gasteiger charge is -2.15. The number of hydrazine groups is 2. The number of nitrogens with two attached hydrogens (primary N) is 2. The number of carbonyl (C=O) groups excluding carboxylic acids is 1. The van der Waals surface area contributed by atoms with E-state index >= 15 is 0 Å². The highest BCUT2D eigenvalue weighted by atomic mass is 16.4. The number of urea groups is 1. The van der Waals surface area contributed by atoms with Gasteiger partial charge in [0.2, 0.25) is 0 Å². The van der Waals surface area contributed by atoms with Crippen LogP contribution >= 0.6 is 0 Å². The number of nitrogens with zero attached hydrogens (tertiary/aromatic N) is 2. The fourth-order valence-corrected chi connectivity index (χ4v) is 0.280. The Morgan fingerprint density at radius 3 is 1.33 bits per heavy atom. The molecule has 9 heteroatoms. The van der Waals surface area contributed by atoms with Gasteiger partial charge in [-0.2, -0.15) is 10.0 Å². The van der Waals surface area contributed by atoms with E-state index in [-0.39, 0.29) is 10.0 Å². The summed E-state index contributed by atoms with van der Waals surface area (Å²) in [7, 11) is 0. The molecule has 0 aliphatic carbocycles. The number of carbonyl (C=O) groups is 3. The normalized spacial score (nSPS) is 8.83. The van der Waals surface area contributed by atoms with Crippen molar-refractivity contribution in [1.82, 2.24) is 10.0 Å². The molecule has 12 heavy (non-hydrogen) atoms. The molecule has 0 atom stereocenters. The van der Waals surface area contributed by atoms with Crippen molar-refractivity contribution in [2.75, 3.05) is 0 Å². The zero-order valence-electron chi connectivity index (χ0n) is 5.67. The fourth-order valence-electron chi connectivity index (χ4n) is 0.280. The Hall–Kier alpha value is -1.87. The van der Waals surface area contributed by atoms with E-state index in [0.29, 0.717) is 0 Å². The molecule has 0 saturated carbocycles. The van der Waals surface area contributed by atoms with Gasteiger partial charge in [0.15, 0.2) is 0 Å². The molecular weight excluding hydrogens is 172 g/mol. The minimum absolute atomic E-state index is 0.353. The van der Waals surface area contributed by atoms with Crippen LogP contribution in [0.5, 0.6) is 0 Å². The van der Waals surface area contributed by atoms with Gasteiger partial charge >= 0.3 is 18.2 Å². The SMILES string of the molecule is NN(C(=O)O)C(=O)N(N)C(=O)O. The van der Waals surface area contributed by atoms with Gasteiger partial charge in [0.25, 0.3) is 0 Å². The lowest BCUT2D eigenvalue weighted by Crippen LogP contribution is -2.54. The molecule has 0 aliphatic heterocycles. The Kier molecular flexibility index (Phi) is 2.95. The summed E-state index contributed by atoms with van der Waals surface area (Å²) in [6.07, 6.45) is -3.62. The molecule has 0 aromatic heterocycles. The summed E-state index contributed by atoms with van der Waals surface area (Å²) < 4.78 is 0. The van der Waals surface area contributed by atoms with Gasteiger partial charge in [0, 0.05) is 0 Å². The van der Waals surface area contributed by atoms with E-state index in [2.05, 4.69) is 11.7 Å². The van der Waals surface area contributed by atoms with Crippen LogP contribution in [0.4, 0.5) is 14.4 Å². The maximum absolute atomic E-state index is 10.6. The molecule has 0 fully saturated rings. The molecule has 0 radical (unpaired) electrons. The number of amides is 4. The quantitative estimate of drug-likeness (QED) is 0.207. The predicted molar refractivity (Wildman–Crippen MR) is 33.5 cm³/mol. The van der Waals surface area contributed by atoms with Crippen LogP contribution in [0.25, 0.3) is 0 Å². The highest BCUT2D eigenvalue weighted by Crippen LogP contribution is 1.89. The van der Waals surface area contributed by atoms with Gasteiger partial charge in [-0.1, -0.05) is 0 Å².